The van der Waals surface area contributed by atoms with E-state index in [1.165, 1.54) is 11.1 Å². The van der Waals surface area contributed by atoms with Gasteiger partial charge in [0.05, 0.1) is 11.9 Å². The number of hydrogen-bond acceptors (Lipinski definition) is 3. The molecule has 0 amide bonds. The van der Waals surface area contributed by atoms with Gasteiger partial charge < -0.3 is 4.74 Å². The molecule has 0 unspecified atom stereocenters. The average molecular weight is 365 g/mol. The molecule has 0 aromatic heterocycles. The van der Waals surface area contributed by atoms with Gasteiger partial charge in [-0.3, -0.25) is 5.43 Å². The van der Waals surface area contributed by atoms with Crippen molar-refractivity contribution in [1.82, 2.24) is 0 Å². The maximum Gasteiger partial charge on any atom is 0.119 e. The summed E-state index contributed by atoms with van der Waals surface area (Å²) in [4.78, 5) is 0. The molecule has 0 saturated heterocycles. The van der Waals surface area contributed by atoms with E-state index in [2.05, 4.69) is 36.5 Å². The minimum absolute atomic E-state index is 0.488. The quantitative estimate of drug-likeness (QED) is 0.431. The largest absolute Gasteiger partial charge is 0.489 e. The van der Waals surface area contributed by atoms with Crippen LogP contribution in [0.15, 0.2) is 71.8 Å². The molecule has 0 saturated carbocycles. The van der Waals surface area contributed by atoms with Crippen LogP contribution in [0.1, 0.15) is 22.3 Å². The number of halogens is 1. The average Bonchev–Trinajstić information content (AvgIpc) is 2.64. The maximum atomic E-state index is 5.98. The van der Waals surface area contributed by atoms with Gasteiger partial charge in [-0.15, -0.1) is 0 Å². The summed E-state index contributed by atoms with van der Waals surface area (Å²) >= 11 is 5.98. The van der Waals surface area contributed by atoms with Crippen LogP contribution >= 0.6 is 11.6 Å². The Morgan fingerprint density at radius 1 is 0.962 bits per heavy atom. The lowest BCUT2D eigenvalue weighted by Crippen LogP contribution is -1.96. The smallest absolute Gasteiger partial charge is 0.119 e. The molecule has 0 spiro atoms. The highest BCUT2D eigenvalue weighted by Crippen LogP contribution is 2.16. The Labute approximate surface area is 159 Å². The number of aryl methyl sites for hydroxylation is 2. The number of ether oxygens (including phenoxy) is 1. The lowest BCUT2D eigenvalue weighted by Gasteiger charge is -2.07. The van der Waals surface area contributed by atoms with Crippen LogP contribution in [0.3, 0.4) is 0 Å². The minimum Gasteiger partial charge on any atom is -0.489 e. The van der Waals surface area contributed by atoms with E-state index in [0.29, 0.717) is 11.6 Å². The second-order valence-electron chi connectivity index (χ2n) is 6.16. The molecule has 0 atom stereocenters. The fraction of sp³-hybridized carbons (Fsp3) is 0.136. The second kappa shape index (κ2) is 8.54. The molecule has 0 fully saturated rings. The molecule has 1 N–H and O–H groups in total. The molecule has 3 rings (SSSR count). The predicted molar refractivity (Wildman–Crippen MR) is 109 cm³/mol. The summed E-state index contributed by atoms with van der Waals surface area (Å²) in [7, 11) is 0. The molecule has 0 aliphatic rings. The van der Waals surface area contributed by atoms with Gasteiger partial charge in [-0.25, -0.2) is 0 Å². The summed E-state index contributed by atoms with van der Waals surface area (Å²) < 4.78 is 5.78. The standard InChI is InChI=1S/C22H21ClN2O/c1-16-6-9-21(12-17(16)2)25-24-14-18-7-10-22(11-8-18)26-15-19-4-3-5-20(23)13-19/h3-14,25H,15H2,1-2H3. The van der Waals surface area contributed by atoms with Gasteiger partial charge >= 0.3 is 0 Å². The van der Waals surface area contributed by atoms with Crippen molar-refractivity contribution in [3.63, 3.8) is 0 Å². The Morgan fingerprint density at radius 2 is 1.77 bits per heavy atom. The molecular formula is C22H21ClN2O. The highest BCUT2D eigenvalue weighted by atomic mass is 35.5. The first-order chi connectivity index (χ1) is 12.6. The molecule has 3 nitrogen and oxygen atoms in total. The molecule has 0 bridgehead atoms. The first-order valence-electron chi connectivity index (χ1n) is 8.44. The van der Waals surface area contributed by atoms with Crippen molar-refractivity contribution in [1.29, 1.82) is 0 Å². The molecule has 3 aromatic carbocycles. The molecule has 132 valence electrons. The Balaban J connectivity index is 1.54. The SMILES string of the molecule is Cc1ccc(NN=Cc2ccc(OCc3cccc(Cl)c3)cc2)cc1C. The summed E-state index contributed by atoms with van der Waals surface area (Å²) in [5.74, 6) is 0.809. The van der Waals surface area contributed by atoms with Crippen LogP contribution in [-0.2, 0) is 6.61 Å². The second-order valence-corrected chi connectivity index (χ2v) is 6.59. The van der Waals surface area contributed by atoms with E-state index < -0.39 is 0 Å². The van der Waals surface area contributed by atoms with Gasteiger partial charge in [0.25, 0.3) is 0 Å². The van der Waals surface area contributed by atoms with Crippen LogP contribution in [0.5, 0.6) is 5.75 Å². The van der Waals surface area contributed by atoms with Crippen molar-refractivity contribution < 1.29 is 4.74 Å². The van der Waals surface area contributed by atoms with E-state index in [1.807, 2.05) is 54.6 Å². The minimum atomic E-state index is 0.488. The maximum absolute atomic E-state index is 5.98. The van der Waals surface area contributed by atoms with E-state index in [1.54, 1.807) is 6.21 Å². The summed E-state index contributed by atoms with van der Waals surface area (Å²) in [6, 6.07) is 21.7. The normalized spacial score (nSPS) is 10.9. The van der Waals surface area contributed by atoms with Gasteiger partial charge in [-0.05, 0) is 84.6 Å². The van der Waals surface area contributed by atoms with Crippen LogP contribution in [0, 0.1) is 13.8 Å². The monoisotopic (exact) mass is 364 g/mol. The summed E-state index contributed by atoms with van der Waals surface area (Å²) in [6.07, 6.45) is 1.79. The van der Waals surface area contributed by atoms with E-state index in [0.717, 1.165) is 22.6 Å². The van der Waals surface area contributed by atoms with Gasteiger partial charge in [0.1, 0.15) is 12.4 Å². The summed E-state index contributed by atoms with van der Waals surface area (Å²) in [5.41, 5.74) is 8.58. The third kappa shape index (κ3) is 5.11. The first-order valence-corrected chi connectivity index (χ1v) is 8.81. The number of rotatable bonds is 6. The zero-order chi connectivity index (χ0) is 18.4. The van der Waals surface area contributed by atoms with E-state index in [-0.39, 0.29) is 0 Å². The van der Waals surface area contributed by atoms with Crippen molar-refractivity contribution in [2.45, 2.75) is 20.5 Å². The molecular weight excluding hydrogens is 344 g/mol. The van der Waals surface area contributed by atoms with E-state index in [9.17, 15) is 0 Å². The topological polar surface area (TPSA) is 33.6 Å². The molecule has 0 radical (unpaired) electrons. The molecule has 26 heavy (non-hydrogen) atoms. The molecule has 3 aromatic rings. The Morgan fingerprint density at radius 3 is 2.50 bits per heavy atom. The van der Waals surface area contributed by atoms with Gasteiger partial charge in [0.2, 0.25) is 0 Å². The Hall–Kier alpha value is -2.78. The molecule has 0 heterocycles. The molecule has 0 aliphatic heterocycles. The number of anilines is 1. The van der Waals surface area contributed by atoms with Crippen LogP contribution in [0.2, 0.25) is 5.02 Å². The number of hydrogen-bond donors (Lipinski definition) is 1. The van der Waals surface area contributed by atoms with Crippen LogP contribution in [0.4, 0.5) is 5.69 Å². The fourth-order valence-electron chi connectivity index (χ4n) is 2.44. The van der Waals surface area contributed by atoms with Crippen molar-refractivity contribution in [2.75, 3.05) is 5.43 Å². The number of nitrogens with one attached hydrogen (secondary N) is 1. The van der Waals surface area contributed by atoms with Crippen molar-refractivity contribution in [3.8, 4) is 5.75 Å². The van der Waals surface area contributed by atoms with Crippen LogP contribution in [-0.4, -0.2) is 6.21 Å². The van der Waals surface area contributed by atoms with Crippen LogP contribution < -0.4 is 10.2 Å². The Kier molecular flexibility index (Phi) is 5.92. The van der Waals surface area contributed by atoms with Crippen molar-refractivity contribution in [2.24, 2.45) is 5.10 Å². The number of nitrogens with zero attached hydrogens (tertiary/aromatic N) is 1. The lowest BCUT2D eigenvalue weighted by molar-refractivity contribution is 0.306. The summed E-state index contributed by atoms with van der Waals surface area (Å²) in [6.45, 7) is 4.67. The number of benzene rings is 3. The zero-order valence-corrected chi connectivity index (χ0v) is 15.6. The first kappa shape index (κ1) is 18.0. The summed E-state index contributed by atoms with van der Waals surface area (Å²) in [5, 5.41) is 5.00. The fourth-order valence-corrected chi connectivity index (χ4v) is 2.65. The zero-order valence-electron chi connectivity index (χ0n) is 14.9. The van der Waals surface area contributed by atoms with Gasteiger partial charge in [-0.1, -0.05) is 29.8 Å². The third-order valence-corrected chi connectivity index (χ3v) is 4.32. The van der Waals surface area contributed by atoms with Crippen molar-refractivity contribution >= 4 is 23.5 Å². The molecule has 0 aliphatic carbocycles. The highest BCUT2D eigenvalue weighted by molar-refractivity contribution is 6.30. The molecule has 4 heteroatoms. The van der Waals surface area contributed by atoms with Crippen LogP contribution in [0.25, 0.3) is 0 Å². The van der Waals surface area contributed by atoms with E-state index in [4.69, 9.17) is 16.3 Å². The van der Waals surface area contributed by atoms with Crippen molar-refractivity contribution in [3.05, 3.63) is 94.0 Å². The lowest BCUT2D eigenvalue weighted by atomic mass is 10.1. The van der Waals surface area contributed by atoms with Gasteiger partial charge in [-0.2, -0.15) is 5.10 Å². The predicted octanol–water partition coefficient (Wildman–Crippen LogP) is 5.98. The Bertz CT molecular complexity index is 904. The van der Waals surface area contributed by atoms with Gasteiger partial charge in [0, 0.05) is 5.02 Å². The highest BCUT2D eigenvalue weighted by Gasteiger charge is 1.98. The van der Waals surface area contributed by atoms with E-state index >= 15 is 0 Å². The number of hydrazone groups is 1. The van der Waals surface area contributed by atoms with Gasteiger partial charge in [0.15, 0.2) is 0 Å². The third-order valence-electron chi connectivity index (χ3n) is 4.09.